The summed E-state index contributed by atoms with van der Waals surface area (Å²) in [6, 6.07) is 0. The molecule has 0 fully saturated rings. The van der Waals surface area contributed by atoms with Gasteiger partial charge in [0.15, 0.2) is 0 Å². The van der Waals surface area contributed by atoms with Crippen molar-refractivity contribution in [2.75, 3.05) is 0 Å². The van der Waals surface area contributed by atoms with Gasteiger partial charge < -0.3 is 4.57 Å². The Morgan fingerprint density at radius 2 is 1.73 bits per heavy atom. The van der Waals surface area contributed by atoms with Crippen molar-refractivity contribution in [2.24, 2.45) is 5.41 Å². The molecule has 1 rings (SSSR count). The van der Waals surface area contributed by atoms with E-state index in [0.29, 0.717) is 5.41 Å². The summed E-state index contributed by atoms with van der Waals surface area (Å²) in [5.41, 5.74) is 1.73. The second kappa shape index (κ2) is 3.99. The summed E-state index contributed by atoms with van der Waals surface area (Å²) in [7, 11) is 0. The fourth-order valence-corrected chi connectivity index (χ4v) is 1.33. The highest BCUT2D eigenvalue weighted by atomic mass is 15.0. The molecule has 15 heavy (non-hydrogen) atoms. The molecule has 0 spiro atoms. The molecule has 0 bridgehead atoms. The van der Waals surface area contributed by atoms with Crippen LogP contribution in [0.2, 0.25) is 0 Å². The van der Waals surface area contributed by atoms with Crippen molar-refractivity contribution in [1.82, 2.24) is 9.55 Å². The van der Waals surface area contributed by atoms with Gasteiger partial charge in [0.05, 0.1) is 12.0 Å². The van der Waals surface area contributed by atoms with Gasteiger partial charge in [0.2, 0.25) is 0 Å². The Kier molecular flexibility index (Phi) is 3.27. The minimum absolute atomic E-state index is 0.160. The molecule has 0 saturated carbocycles. The van der Waals surface area contributed by atoms with Gasteiger partial charge in [0.25, 0.3) is 0 Å². The molecule has 0 saturated heterocycles. The van der Waals surface area contributed by atoms with Gasteiger partial charge in [-0.1, -0.05) is 41.5 Å². The molecule has 0 aliphatic carbocycles. The molecule has 0 N–H and O–H groups in total. The molecular weight excluding hydrogens is 184 g/mol. The van der Waals surface area contributed by atoms with Gasteiger partial charge in [0.1, 0.15) is 0 Å². The first-order chi connectivity index (χ1) is 6.68. The highest BCUT2D eigenvalue weighted by Gasteiger charge is 2.17. The number of hydrogen-bond donors (Lipinski definition) is 0. The fraction of sp³-hybridized carbons (Fsp3) is 0.769. The second-order valence-corrected chi connectivity index (χ2v) is 6.56. The molecule has 1 aromatic rings. The first-order valence-electron chi connectivity index (χ1n) is 5.71. The summed E-state index contributed by atoms with van der Waals surface area (Å²) in [5.74, 6) is 0. The van der Waals surface area contributed by atoms with Crippen molar-refractivity contribution < 1.29 is 0 Å². The van der Waals surface area contributed by atoms with E-state index in [1.807, 2.05) is 6.33 Å². The van der Waals surface area contributed by atoms with Crippen LogP contribution in [0.3, 0.4) is 0 Å². The lowest BCUT2D eigenvalue weighted by Gasteiger charge is -2.18. The SMILES string of the molecule is CC(C)(C)CCn1cnc(C(C)(C)C)c1. The quantitative estimate of drug-likeness (QED) is 0.726. The normalized spacial score (nSPS) is 13.2. The third kappa shape index (κ3) is 4.06. The lowest BCUT2D eigenvalue weighted by Crippen LogP contribution is -2.12. The van der Waals surface area contributed by atoms with Crippen LogP contribution in [0.25, 0.3) is 0 Å². The minimum atomic E-state index is 0.160. The molecule has 0 unspecified atom stereocenters. The lowest BCUT2D eigenvalue weighted by atomic mass is 9.92. The van der Waals surface area contributed by atoms with Crippen molar-refractivity contribution in [2.45, 2.75) is 59.9 Å². The van der Waals surface area contributed by atoms with Crippen molar-refractivity contribution in [3.63, 3.8) is 0 Å². The molecule has 0 aliphatic rings. The van der Waals surface area contributed by atoms with Gasteiger partial charge in [-0.3, -0.25) is 0 Å². The van der Waals surface area contributed by atoms with Gasteiger partial charge >= 0.3 is 0 Å². The van der Waals surface area contributed by atoms with Crippen LogP contribution in [-0.2, 0) is 12.0 Å². The summed E-state index contributed by atoms with van der Waals surface area (Å²) < 4.78 is 2.20. The van der Waals surface area contributed by atoms with Gasteiger partial charge in [0, 0.05) is 18.2 Å². The predicted molar refractivity (Wildman–Crippen MR) is 65.0 cm³/mol. The van der Waals surface area contributed by atoms with E-state index >= 15 is 0 Å². The third-order valence-electron chi connectivity index (χ3n) is 2.52. The summed E-state index contributed by atoms with van der Waals surface area (Å²) in [4.78, 5) is 4.45. The average Bonchev–Trinajstić information content (AvgIpc) is 2.45. The first-order valence-corrected chi connectivity index (χ1v) is 5.71. The van der Waals surface area contributed by atoms with Crippen LogP contribution in [0, 0.1) is 5.41 Å². The lowest BCUT2D eigenvalue weighted by molar-refractivity contribution is 0.350. The Hall–Kier alpha value is -0.790. The standard InChI is InChI=1S/C13H24N2/c1-12(2,3)7-8-15-9-11(14-10-15)13(4,5)6/h9-10H,7-8H2,1-6H3. The second-order valence-electron chi connectivity index (χ2n) is 6.56. The highest BCUT2D eigenvalue weighted by molar-refractivity contribution is 5.08. The molecule has 0 aromatic carbocycles. The molecule has 2 heteroatoms. The van der Waals surface area contributed by atoms with Crippen LogP contribution in [0.4, 0.5) is 0 Å². The zero-order chi connectivity index (χ0) is 11.7. The maximum Gasteiger partial charge on any atom is 0.0949 e. The van der Waals surface area contributed by atoms with E-state index in [1.165, 1.54) is 12.1 Å². The predicted octanol–water partition coefficient (Wildman–Crippen LogP) is 3.62. The Morgan fingerprint density at radius 1 is 1.13 bits per heavy atom. The molecular formula is C13H24N2. The van der Waals surface area contributed by atoms with Crippen molar-refractivity contribution in [1.29, 1.82) is 0 Å². The summed E-state index contributed by atoms with van der Waals surface area (Å²) in [5, 5.41) is 0. The number of imidazole rings is 1. The summed E-state index contributed by atoms with van der Waals surface area (Å²) in [6.45, 7) is 14.5. The molecule has 1 heterocycles. The molecule has 86 valence electrons. The van der Waals surface area contributed by atoms with Crippen LogP contribution >= 0.6 is 0 Å². The van der Waals surface area contributed by atoms with Gasteiger partial charge in [-0.15, -0.1) is 0 Å². The number of rotatable bonds is 2. The number of hydrogen-bond acceptors (Lipinski definition) is 1. The Balaban J connectivity index is 2.62. The molecule has 0 amide bonds. The number of aromatic nitrogens is 2. The van der Waals surface area contributed by atoms with Gasteiger partial charge in [-0.2, -0.15) is 0 Å². The first kappa shape index (κ1) is 12.3. The van der Waals surface area contributed by atoms with E-state index in [-0.39, 0.29) is 5.41 Å². The average molecular weight is 208 g/mol. The Bertz CT molecular complexity index is 310. The van der Waals surface area contributed by atoms with Crippen LogP contribution in [0.5, 0.6) is 0 Å². The van der Waals surface area contributed by atoms with E-state index in [0.717, 1.165) is 6.54 Å². The minimum Gasteiger partial charge on any atom is -0.337 e. The molecule has 0 aliphatic heterocycles. The maximum absolute atomic E-state index is 4.45. The maximum atomic E-state index is 4.45. The summed E-state index contributed by atoms with van der Waals surface area (Å²) >= 11 is 0. The monoisotopic (exact) mass is 208 g/mol. The zero-order valence-corrected chi connectivity index (χ0v) is 11.0. The summed E-state index contributed by atoms with van der Waals surface area (Å²) in [6.07, 6.45) is 5.31. The molecule has 1 aromatic heterocycles. The highest BCUT2D eigenvalue weighted by Crippen LogP contribution is 2.22. The van der Waals surface area contributed by atoms with Gasteiger partial charge in [-0.25, -0.2) is 4.98 Å². The molecule has 2 nitrogen and oxygen atoms in total. The number of nitrogens with zero attached hydrogens (tertiary/aromatic N) is 2. The van der Waals surface area contributed by atoms with E-state index in [9.17, 15) is 0 Å². The van der Waals surface area contributed by atoms with E-state index in [2.05, 4.69) is 57.3 Å². The zero-order valence-electron chi connectivity index (χ0n) is 11.0. The largest absolute Gasteiger partial charge is 0.337 e. The molecule has 0 atom stereocenters. The van der Waals surface area contributed by atoms with Crippen molar-refractivity contribution in [3.8, 4) is 0 Å². The number of aryl methyl sites for hydroxylation is 1. The van der Waals surface area contributed by atoms with E-state index < -0.39 is 0 Å². The van der Waals surface area contributed by atoms with E-state index in [1.54, 1.807) is 0 Å². The van der Waals surface area contributed by atoms with Crippen LogP contribution in [0.1, 0.15) is 53.7 Å². The van der Waals surface area contributed by atoms with Crippen LogP contribution in [0.15, 0.2) is 12.5 Å². The smallest absolute Gasteiger partial charge is 0.0949 e. The van der Waals surface area contributed by atoms with Crippen LogP contribution < -0.4 is 0 Å². The Labute approximate surface area is 93.7 Å². The van der Waals surface area contributed by atoms with Crippen molar-refractivity contribution in [3.05, 3.63) is 18.2 Å². The topological polar surface area (TPSA) is 17.8 Å². The third-order valence-corrected chi connectivity index (χ3v) is 2.52. The fourth-order valence-electron chi connectivity index (χ4n) is 1.33. The van der Waals surface area contributed by atoms with Gasteiger partial charge in [-0.05, 0) is 11.8 Å². The van der Waals surface area contributed by atoms with E-state index in [4.69, 9.17) is 0 Å². The van der Waals surface area contributed by atoms with Crippen molar-refractivity contribution >= 4 is 0 Å². The Morgan fingerprint density at radius 3 is 2.13 bits per heavy atom. The molecule has 0 radical (unpaired) electrons. The van der Waals surface area contributed by atoms with Crippen LogP contribution in [-0.4, -0.2) is 9.55 Å².